The number of nitrogens with zero attached hydrogens (tertiary/aromatic N) is 3. The molecule has 3 nitrogen and oxygen atoms in total. The zero-order chi connectivity index (χ0) is 21.8. The summed E-state index contributed by atoms with van der Waals surface area (Å²) in [5, 5.41) is 5.65. The Labute approximate surface area is 196 Å². The lowest BCUT2D eigenvalue weighted by Crippen LogP contribution is -2.39. The van der Waals surface area contributed by atoms with Crippen LogP contribution >= 0.6 is 15.9 Å². The second kappa shape index (κ2) is 8.93. The molecule has 0 aliphatic rings. The Morgan fingerprint density at radius 2 is 1.09 bits per heavy atom. The predicted molar refractivity (Wildman–Crippen MR) is 133 cm³/mol. The molecule has 0 aliphatic carbocycles. The molecule has 1 aromatic heterocycles. The molecule has 5 aromatic rings. The second-order valence-corrected chi connectivity index (χ2v) is 8.20. The van der Waals surface area contributed by atoms with Crippen molar-refractivity contribution in [3.05, 3.63) is 144 Å². The molecule has 0 saturated heterocycles. The number of aromatic nitrogens is 3. The predicted octanol–water partition coefficient (Wildman–Crippen LogP) is 6.68. The van der Waals surface area contributed by atoms with Crippen molar-refractivity contribution >= 4 is 15.9 Å². The molecule has 0 bridgehead atoms. The maximum Gasteiger partial charge on any atom is 0.159 e. The Morgan fingerprint density at radius 1 is 0.625 bits per heavy atom. The molecule has 0 unspecified atom stereocenters. The lowest BCUT2D eigenvalue weighted by molar-refractivity contribution is 0.464. The van der Waals surface area contributed by atoms with Crippen LogP contribution in [0.3, 0.4) is 0 Å². The second-order valence-electron chi connectivity index (χ2n) is 7.63. The minimum absolute atomic E-state index is 0.677. The van der Waals surface area contributed by atoms with E-state index in [0.717, 1.165) is 33.4 Å². The monoisotopic (exact) mass is 479 g/mol. The third-order valence-corrected chi connectivity index (χ3v) is 6.45. The first-order valence-corrected chi connectivity index (χ1v) is 11.7. The van der Waals surface area contributed by atoms with Crippen LogP contribution in [0.5, 0.6) is 0 Å². The van der Waals surface area contributed by atoms with Gasteiger partial charge in [0.1, 0.15) is 11.9 Å². The van der Waals surface area contributed by atoms with Gasteiger partial charge in [-0.1, -0.05) is 131 Å². The van der Waals surface area contributed by atoms with Crippen molar-refractivity contribution in [3.8, 4) is 11.4 Å². The first-order chi connectivity index (χ1) is 15.8. The van der Waals surface area contributed by atoms with Crippen molar-refractivity contribution in [2.75, 3.05) is 0 Å². The minimum Gasteiger partial charge on any atom is -0.226 e. The molecule has 0 fully saturated rings. The number of halogens is 1. The van der Waals surface area contributed by atoms with Crippen LogP contribution in [0.25, 0.3) is 11.4 Å². The van der Waals surface area contributed by atoms with Gasteiger partial charge in [0.05, 0.1) is 0 Å². The molecule has 32 heavy (non-hydrogen) atoms. The van der Waals surface area contributed by atoms with E-state index in [0.29, 0.717) is 0 Å². The summed E-state index contributed by atoms with van der Waals surface area (Å²) in [5.74, 6) is 0.822. The summed E-state index contributed by atoms with van der Waals surface area (Å²) in [6.45, 7) is 0. The molecule has 0 amide bonds. The Kier molecular flexibility index (Phi) is 5.70. The fraction of sp³-hybridized carbons (Fsp3) is 0.0714. The zero-order valence-corrected chi connectivity index (χ0v) is 19.1. The van der Waals surface area contributed by atoms with Crippen molar-refractivity contribution in [3.63, 3.8) is 0 Å². The molecule has 0 saturated carbocycles. The molecule has 5 rings (SSSR count). The molecule has 4 aromatic carbocycles. The summed E-state index contributed by atoms with van der Waals surface area (Å²) in [4.78, 5) is 4.72. The summed E-state index contributed by atoms with van der Waals surface area (Å²) in [7, 11) is 0. The quantitative estimate of drug-likeness (QED) is 0.201. The fourth-order valence-electron chi connectivity index (χ4n) is 4.33. The van der Waals surface area contributed by atoms with Gasteiger partial charge in [0.25, 0.3) is 0 Å². The van der Waals surface area contributed by atoms with Crippen molar-refractivity contribution in [1.29, 1.82) is 0 Å². The smallest absolute Gasteiger partial charge is 0.159 e. The van der Waals surface area contributed by atoms with E-state index < -0.39 is 5.54 Å². The van der Waals surface area contributed by atoms with Crippen molar-refractivity contribution in [1.82, 2.24) is 14.8 Å². The van der Waals surface area contributed by atoms with E-state index in [1.54, 1.807) is 6.33 Å². The van der Waals surface area contributed by atoms with Crippen LogP contribution in [-0.2, 0) is 10.9 Å². The van der Waals surface area contributed by atoms with Crippen molar-refractivity contribution in [2.45, 2.75) is 10.9 Å². The highest BCUT2D eigenvalue weighted by Crippen LogP contribution is 2.42. The fourth-order valence-corrected chi connectivity index (χ4v) is 4.71. The van der Waals surface area contributed by atoms with Gasteiger partial charge in [-0.2, -0.15) is 5.10 Å². The van der Waals surface area contributed by atoms with Crippen LogP contribution in [-0.4, -0.2) is 14.8 Å². The summed E-state index contributed by atoms with van der Waals surface area (Å²) in [6, 6.07) is 40.1. The third-order valence-electron chi connectivity index (χ3n) is 5.81. The normalized spacial score (nSPS) is 11.4. The Hall–Kier alpha value is -3.50. The molecular weight excluding hydrogens is 458 g/mol. The average molecular weight is 480 g/mol. The van der Waals surface area contributed by atoms with Crippen molar-refractivity contribution < 1.29 is 0 Å². The maximum atomic E-state index is 4.83. The van der Waals surface area contributed by atoms with Gasteiger partial charge in [-0.15, -0.1) is 0 Å². The van der Waals surface area contributed by atoms with Crippen LogP contribution < -0.4 is 0 Å². The molecule has 0 aliphatic heterocycles. The highest BCUT2D eigenvalue weighted by Gasteiger charge is 2.41. The number of hydrogen-bond donors (Lipinski definition) is 0. The van der Waals surface area contributed by atoms with Crippen molar-refractivity contribution in [2.24, 2.45) is 0 Å². The largest absolute Gasteiger partial charge is 0.226 e. The number of alkyl halides is 1. The van der Waals surface area contributed by atoms with Gasteiger partial charge < -0.3 is 0 Å². The van der Waals surface area contributed by atoms with Gasteiger partial charge in [0.2, 0.25) is 0 Å². The van der Waals surface area contributed by atoms with E-state index in [1.807, 2.05) is 18.2 Å². The van der Waals surface area contributed by atoms with Gasteiger partial charge in [0, 0.05) is 10.9 Å². The molecule has 0 N–H and O–H groups in total. The summed E-state index contributed by atoms with van der Waals surface area (Å²) in [5.41, 5.74) is 4.95. The standard InChI is InChI=1S/C28H22BrN3/c29-20-22-16-18-23(19-17-22)27-30-21-31-32(27)28(24-10-4-1-5-11-24,25-12-6-2-7-13-25)26-14-8-3-9-15-26/h1-19,21H,20H2. The summed E-state index contributed by atoms with van der Waals surface area (Å²) >= 11 is 3.54. The van der Waals surface area contributed by atoms with Gasteiger partial charge >= 0.3 is 0 Å². The first kappa shape index (κ1) is 20.4. The van der Waals surface area contributed by atoms with Crippen LogP contribution in [0.1, 0.15) is 22.3 Å². The van der Waals surface area contributed by atoms with E-state index in [-0.39, 0.29) is 0 Å². The summed E-state index contributed by atoms with van der Waals surface area (Å²) in [6.07, 6.45) is 1.65. The minimum atomic E-state index is -0.677. The van der Waals surface area contributed by atoms with E-state index in [4.69, 9.17) is 10.1 Å². The van der Waals surface area contributed by atoms with Crippen LogP contribution in [0, 0.1) is 0 Å². The lowest BCUT2D eigenvalue weighted by Gasteiger charge is -2.37. The third kappa shape index (κ3) is 3.47. The lowest BCUT2D eigenvalue weighted by atomic mass is 9.77. The highest BCUT2D eigenvalue weighted by atomic mass is 79.9. The van der Waals surface area contributed by atoms with E-state index in [9.17, 15) is 0 Å². The Morgan fingerprint density at radius 3 is 1.53 bits per heavy atom. The maximum absolute atomic E-state index is 4.83. The van der Waals surface area contributed by atoms with E-state index in [1.165, 1.54) is 5.56 Å². The molecule has 0 spiro atoms. The Bertz CT molecular complexity index is 1180. The van der Waals surface area contributed by atoms with Gasteiger partial charge in [0.15, 0.2) is 5.82 Å². The molecule has 4 heteroatoms. The molecular formula is C28H22BrN3. The SMILES string of the molecule is BrCc1ccc(-c2ncnn2C(c2ccccc2)(c2ccccc2)c2ccccc2)cc1. The molecule has 0 radical (unpaired) electrons. The van der Waals surface area contributed by atoms with Gasteiger partial charge in [-0.05, 0) is 22.3 Å². The van der Waals surface area contributed by atoms with Gasteiger partial charge in [-0.3, -0.25) is 0 Å². The van der Waals surface area contributed by atoms with E-state index in [2.05, 4.69) is 118 Å². The summed E-state index contributed by atoms with van der Waals surface area (Å²) < 4.78 is 2.07. The molecule has 156 valence electrons. The zero-order valence-electron chi connectivity index (χ0n) is 17.5. The van der Waals surface area contributed by atoms with Crippen LogP contribution in [0.4, 0.5) is 0 Å². The Balaban J connectivity index is 1.85. The van der Waals surface area contributed by atoms with Gasteiger partial charge in [-0.25, -0.2) is 9.67 Å². The number of benzene rings is 4. The molecule has 1 heterocycles. The van der Waals surface area contributed by atoms with E-state index >= 15 is 0 Å². The highest BCUT2D eigenvalue weighted by molar-refractivity contribution is 9.08. The average Bonchev–Trinajstić information content (AvgIpc) is 3.37. The number of rotatable bonds is 6. The van der Waals surface area contributed by atoms with Crippen LogP contribution in [0.15, 0.2) is 122 Å². The molecule has 0 atom stereocenters. The topological polar surface area (TPSA) is 30.7 Å². The van der Waals surface area contributed by atoms with Crippen LogP contribution in [0.2, 0.25) is 0 Å². The number of hydrogen-bond acceptors (Lipinski definition) is 2. The first-order valence-electron chi connectivity index (χ1n) is 10.6.